The van der Waals surface area contributed by atoms with Crippen molar-refractivity contribution in [3.05, 3.63) is 199 Å². The highest BCUT2D eigenvalue weighted by atomic mass is 32.1. The number of hydrogen-bond donors (Lipinski definition) is 0. The Kier molecular flexibility index (Phi) is 8.38. The highest BCUT2D eigenvalue weighted by Gasteiger charge is 2.37. The van der Waals surface area contributed by atoms with Gasteiger partial charge in [0.1, 0.15) is 11.5 Å². The van der Waals surface area contributed by atoms with Crippen molar-refractivity contribution in [2.75, 3.05) is 0 Å². The maximum Gasteiger partial charge on any atom is 0.130 e. The van der Waals surface area contributed by atoms with Gasteiger partial charge in [0.05, 0.1) is 10.6 Å². The quantitative estimate of drug-likeness (QED) is 0.250. The lowest BCUT2D eigenvalue weighted by atomic mass is 9.74. The first-order valence-corrected chi connectivity index (χ1v) is 21.5. The molecular weight excluding hydrogens is 687 g/mol. The molecule has 0 fully saturated rings. The molecule has 0 bridgehead atoms. The number of nitrogens with zero attached hydrogens (tertiary/aromatic N) is 1. The summed E-state index contributed by atoms with van der Waals surface area (Å²) in [6.45, 7) is 0. The molecule has 0 radical (unpaired) electrons. The fourth-order valence-corrected chi connectivity index (χ4v) is 12.0. The molecule has 5 atom stereocenters. The molecule has 5 unspecified atom stereocenters. The summed E-state index contributed by atoms with van der Waals surface area (Å²) in [6.07, 6.45) is 46.4. The van der Waals surface area contributed by atoms with E-state index < -0.39 is 0 Å². The Bertz CT molecular complexity index is 2520. The second-order valence-electron chi connectivity index (χ2n) is 16.3. The number of fused-ring (bicyclic) bond motifs is 7. The molecule has 0 saturated carbocycles. The Balaban J connectivity index is 1.02. The van der Waals surface area contributed by atoms with Gasteiger partial charge >= 0.3 is 0 Å². The van der Waals surface area contributed by atoms with Crippen molar-refractivity contribution in [3.8, 4) is 5.75 Å². The van der Waals surface area contributed by atoms with Crippen LogP contribution in [0, 0.1) is 17.8 Å². The summed E-state index contributed by atoms with van der Waals surface area (Å²) in [5.74, 6) is 3.77. The van der Waals surface area contributed by atoms with Gasteiger partial charge in [0, 0.05) is 39.6 Å². The molecule has 55 heavy (non-hydrogen) atoms. The molecule has 8 aliphatic rings. The van der Waals surface area contributed by atoms with E-state index in [1.54, 1.807) is 11.1 Å². The molecule has 3 aromatic rings. The first kappa shape index (κ1) is 33.2. The molecule has 0 amide bonds. The van der Waals surface area contributed by atoms with Crippen molar-refractivity contribution in [2.45, 2.75) is 69.7 Å². The van der Waals surface area contributed by atoms with Gasteiger partial charge in [0.2, 0.25) is 0 Å². The fourth-order valence-electron chi connectivity index (χ4n) is 10.5. The number of rotatable bonds is 6. The van der Waals surface area contributed by atoms with Crippen LogP contribution in [-0.2, 0) is 6.42 Å². The molecule has 2 heterocycles. The van der Waals surface area contributed by atoms with Crippen LogP contribution in [0.5, 0.6) is 5.75 Å². The van der Waals surface area contributed by atoms with Gasteiger partial charge in [-0.15, -0.1) is 11.3 Å². The average Bonchev–Trinajstić information content (AvgIpc) is 3.84. The van der Waals surface area contributed by atoms with Gasteiger partial charge in [-0.3, -0.25) is 0 Å². The zero-order valence-corrected chi connectivity index (χ0v) is 32.2. The van der Waals surface area contributed by atoms with Crippen LogP contribution in [0.2, 0.25) is 0 Å². The molecule has 11 rings (SSSR count). The monoisotopic (exact) mass is 733 g/mol. The highest BCUT2D eigenvalue weighted by Crippen LogP contribution is 2.49. The van der Waals surface area contributed by atoms with E-state index >= 15 is 0 Å². The predicted molar refractivity (Wildman–Crippen MR) is 228 cm³/mol. The van der Waals surface area contributed by atoms with Crippen molar-refractivity contribution in [3.63, 3.8) is 0 Å². The van der Waals surface area contributed by atoms with Crippen molar-refractivity contribution in [1.82, 2.24) is 4.90 Å². The number of benzene rings is 2. The van der Waals surface area contributed by atoms with Crippen LogP contribution in [0.25, 0.3) is 17.3 Å². The van der Waals surface area contributed by atoms with Gasteiger partial charge in [-0.25, -0.2) is 0 Å². The lowest BCUT2D eigenvalue weighted by Crippen LogP contribution is -2.43. The normalized spacial score (nSPS) is 27.1. The number of thiophene rings is 1. The third kappa shape index (κ3) is 5.73. The Morgan fingerprint density at radius 1 is 0.764 bits per heavy atom. The molecule has 2 aromatic carbocycles. The van der Waals surface area contributed by atoms with Crippen molar-refractivity contribution >= 4 is 28.7 Å². The van der Waals surface area contributed by atoms with Gasteiger partial charge in [0.25, 0.3) is 0 Å². The summed E-state index contributed by atoms with van der Waals surface area (Å²) in [5.41, 5.74) is 12.9. The zero-order chi connectivity index (χ0) is 36.3. The topological polar surface area (TPSA) is 12.5 Å². The minimum atomic E-state index is 0.204. The van der Waals surface area contributed by atoms with Gasteiger partial charge < -0.3 is 9.64 Å². The lowest BCUT2D eigenvalue weighted by Gasteiger charge is -2.42. The van der Waals surface area contributed by atoms with Crippen LogP contribution in [-0.4, -0.2) is 10.9 Å². The summed E-state index contributed by atoms with van der Waals surface area (Å²) < 4.78 is 8.08. The third-order valence-electron chi connectivity index (χ3n) is 13.2. The summed E-state index contributed by atoms with van der Waals surface area (Å²) in [4.78, 5) is 4.27. The molecule has 0 spiro atoms. The van der Waals surface area contributed by atoms with E-state index in [4.69, 9.17) is 4.74 Å². The SMILES string of the molecule is C1=CC(C2=CC=C3C=CCCC3C2)C(N(C2=CCC(C3=C4Oc5ccccc5C4CC=C3)C=C2)C2=c3sc4c(c3=CCC2)CCC=C4c2ccccc2)C=C1. The Hall–Kier alpha value is -5.12. The molecule has 1 aliphatic heterocycles. The first-order valence-electron chi connectivity index (χ1n) is 20.7. The van der Waals surface area contributed by atoms with E-state index in [2.05, 4.69) is 151 Å². The molecular formula is C52H47NOS. The Morgan fingerprint density at radius 3 is 2.58 bits per heavy atom. The van der Waals surface area contributed by atoms with E-state index in [0.29, 0.717) is 23.7 Å². The van der Waals surface area contributed by atoms with Crippen LogP contribution in [0.4, 0.5) is 0 Å². The molecule has 2 nitrogen and oxygen atoms in total. The van der Waals surface area contributed by atoms with Gasteiger partial charge in [-0.05, 0) is 109 Å². The highest BCUT2D eigenvalue weighted by molar-refractivity contribution is 7.11. The van der Waals surface area contributed by atoms with Gasteiger partial charge in [0.15, 0.2) is 0 Å². The van der Waals surface area contributed by atoms with Crippen LogP contribution >= 0.6 is 11.3 Å². The third-order valence-corrected chi connectivity index (χ3v) is 14.5. The molecule has 1 aromatic heterocycles. The molecule has 0 N–H and O–H groups in total. The van der Waals surface area contributed by atoms with E-state index in [0.717, 1.165) is 56.5 Å². The second kappa shape index (κ2) is 13.9. The zero-order valence-electron chi connectivity index (χ0n) is 31.4. The first-order chi connectivity index (χ1) is 27.3. The van der Waals surface area contributed by atoms with Gasteiger partial charge in [-0.2, -0.15) is 0 Å². The van der Waals surface area contributed by atoms with Crippen molar-refractivity contribution in [2.24, 2.45) is 17.8 Å². The second-order valence-corrected chi connectivity index (χ2v) is 17.3. The smallest absolute Gasteiger partial charge is 0.130 e. The standard InChI is InChI=1S/C52H47NOS/c1-2-14-35(15-3-1)42-20-11-22-45-46-23-12-25-48(52(46)55-51(42)45)53(47-24-8-6-17-40(47)38-28-27-34-13-4-5-16-37(34)33-38)39-31-29-36(30-32-39)41-19-10-21-44-43-18-7-9-26-49(43)54-50(41)44/h1-4,6-10,13-15,17-20,23-24,26-29,31-32,36-37,40,44,47H,5,11-12,16,21-22,25,30,33H2. The molecule has 3 heteroatoms. The number of hydrogen-bond acceptors (Lipinski definition) is 3. The number of para-hydroxylation sites is 1. The fraction of sp³-hybridized carbons (Fsp3) is 0.269. The summed E-state index contributed by atoms with van der Waals surface area (Å²) in [7, 11) is 0. The minimum absolute atomic E-state index is 0.204. The van der Waals surface area contributed by atoms with Crippen LogP contribution in [0.3, 0.4) is 0 Å². The minimum Gasteiger partial charge on any atom is -0.460 e. The number of ether oxygens (including phenoxy) is 1. The van der Waals surface area contributed by atoms with E-state index in [1.807, 2.05) is 11.3 Å². The largest absolute Gasteiger partial charge is 0.460 e. The summed E-state index contributed by atoms with van der Waals surface area (Å²) >= 11 is 2.05. The maximum atomic E-state index is 6.60. The van der Waals surface area contributed by atoms with Gasteiger partial charge in [-0.1, -0.05) is 139 Å². The Labute approximate surface area is 329 Å². The summed E-state index contributed by atoms with van der Waals surface area (Å²) in [6, 6.07) is 19.9. The average molecular weight is 734 g/mol. The van der Waals surface area contributed by atoms with E-state index in [-0.39, 0.29) is 6.04 Å². The van der Waals surface area contributed by atoms with Crippen LogP contribution < -0.4 is 14.5 Å². The number of allylic oxidation sites excluding steroid dienone is 15. The van der Waals surface area contributed by atoms with Crippen LogP contribution in [0.15, 0.2) is 168 Å². The van der Waals surface area contributed by atoms with E-state index in [9.17, 15) is 0 Å². The molecule has 7 aliphatic carbocycles. The Morgan fingerprint density at radius 2 is 1.65 bits per heavy atom. The maximum absolute atomic E-state index is 6.60. The predicted octanol–water partition coefficient (Wildman–Crippen LogP) is 11.3. The van der Waals surface area contributed by atoms with E-state index in [1.165, 1.54) is 66.7 Å². The van der Waals surface area contributed by atoms with Crippen LogP contribution in [0.1, 0.15) is 78.9 Å². The molecule has 272 valence electrons. The van der Waals surface area contributed by atoms with Crippen molar-refractivity contribution in [1.29, 1.82) is 0 Å². The van der Waals surface area contributed by atoms with Crippen molar-refractivity contribution < 1.29 is 4.74 Å². The summed E-state index contributed by atoms with van der Waals surface area (Å²) in [5, 5.41) is 1.50. The molecule has 0 saturated heterocycles. The lowest BCUT2D eigenvalue weighted by molar-refractivity contribution is 0.346.